The van der Waals surface area contributed by atoms with Gasteiger partial charge in [0.25, 0.3) is 11.8 Å². The van der Waals surface area contributed by atoms with Crippen molar-refractivity contribution in [1.29, 1.82) is 0 Å². The molecule has 28 heavy (non-hydrogen) atoms. The zero-order valence-corrected chi connectivity index (χ0v) is 16.3. The van der Waals surface area contributed by atoms with Gasteiger partial charge in [0.05, 0.1) is 30.0 Å². The summed E-state index contributed by atoms with van der Waals surface area (Å²) < 4.78 is 10.4. The van der Waals surface area contributed by atoms with Crippen LogP contribution in [-0.2, 0) is 9.59 Å². The van der Waals surface area contributed by atoms with E-state index >= 15 is 0 Å². The molecule has 2 aromatic rings. The van der Waals surface area contributed by atoms with Crippen LogP contribution >= 0.6 is 23.2 Å². The summed E-state index contributed by atoms with van der Waals surface area (Å²) in [6, 6.07) is 8.49. The van der Waals surface area contributed by atoms with Gasteiger partial charge in [-0.1, -0.05) is 35.3 Å². The van der Waals surface area contributed by atoms with E-state index < -0.39 is 17.8 Å². The van der Waals surface area contributed by atoms with Crippen LogP contribution in [0.15, 0.2) is 42.0 Å². The first kappa shape index (κ1) is 19.7. The smallest absolute Gasteiger partial charge is 0.335 e. The molecule has 1 aliphatic rings. The largest absolute Gasteiger partial charge is 0.493 e. The number of urea groups is 1. The molecule has 0 atom stereocenters. The molecule has 9 heteroatoms. The Labute approximate surface area is 170 Å². The zero-order valence-electron chi connectivity index (χ0n) is 14.8. The average molecular weight is 421 g/mol. The monoisotopic (exact) mass is 420 g/mol. The fourth-order valence-electron chi connectivity index (χ4n) is 2.70. The number of methoxy groups -OCH3 is 2. The highest BCUT2D eigenvalue weighted by Gasteiger charge is 2.37. The number of barbiturate groups is 1. The summed E-state index contributed by atoms with van der Waals surface area (Å²) in [5.41, 5.74) is 0.313. The molecule has 0 radical (unpaired) electrons. The van der Waals surface area contributed by atoms with Gasteiger partial charge < -0.3 is 9.47 Å². The number of halogens is 2. The maximum Gasteiger partial charge on any atom is 0.335 e. The van der Waals surface area contributed by atoms with Gasteiger partial charge in [0, 0.05) is 0 Å². The quantitative estimate of drug-likeness (QED) is 0.602. The number of nitrogens with zero attached hydrogens (tertiary/aromatic N) is 1. The first-order valence-electron chi connectivity index (χ1n) is 7.95. The summed E-state index contributed by atoms with van der Waals surface area (Å²) >= 11 is 12.3. The first-order chi connectivity index (χ1) is 13.4. The fraction of sp³-hybridized carbons (Fsp3) is 0.105. The van der Waals surface area contributed by atoms with Crippen LogP contribution in [0.4, 0.5) is 10.5 Å². The zero-order chi connectivity index (χ0) is 20.4. The molecule has 1 aliphatic heterocycles. The molecule has 1 fully saturated rings. The third-order valence-electron chi connectivity index (χ3n) is 3.96. The number of para-hydroxylation sites is 1. The predicted molar refractivity (Wildman–Crippen MR) is 105 cm³/mol. The highest BCUT2D eigenvalue weighted by Crippen LogP contribution is 2.37. The molecule has 2 aromatic carbocycles. The highest BCUT2D eigenvalue weighted by molar-refractivity contribution is 6.42. The number of nitrogens with one attached hydrogen (secondary N) is 1. The van der Waals surface area contributed by atoms with Crippen molar-refractivity contribution in [3.8, 4) is 11.5 Å². The first-order valence-corrected chi connectivity index (χ1v) is 8.70. The normalized spacial score (nSPS) is 15.6. The van der Waals surface area contributed by atoms with Crippen LogP contribution < -0.4 is 19.7 Å². The number of carbonyl (C=O) groups is 3. The molecule has 0 aromatic heterocycles. The summed E-state index contributed by atoms with van der Waals surface area (Å²) in [5, 5.41) is 2.55. The van der Waals surface area contributed by atoms with E-state index in [9.17, 15) is 14.4 Å². The molecule has 1 N–H and O–H groups in total. The van der Waals surface area contributed by atoms with Crippen LogP contribution in [0.25, 0.3) is 6.08 Å². The van der Waals surface area contributed by atoms with Crippen molar-refractivity contribution >= 4 is 52.8 Å². The van der Waals surface area contributed by atoms with Gasteiger partial charge in [0.1, 0.15) is 5.57 Å². The van der Waals surface area contributed by atoms with Gasteiger partial charge in [-0.2, -0.15) is 0 Å². The molecule has 1 saturated heterocycles. The van der Waals surface area contributed by atoms with Gasteiger partial charge in [-0.15, -0.1) is 0 Å². The Morgan fingerprint density at radius 1 is 1.00 bits per heavy atom. The second kappa shape index (κ2) is 7.92. The number of imide groups is 2. The van der Waals surface area contributed by atoms with Crippen LogP contribution in [0.3, 0.4) is 0 Å². The molecule has 1 heterocycles. The average Bonchev–Trinajstić information content (AvgIpc) is 2.66. The second-order valence-electron chi connectivity index (χ2n) is 5.65. The fourth-order valence-corrected chi connectivity index (χ4v) is 3.21. The minimum absolute atomic E-state index is 0.162. The lowest BCUT2D eigenvalue weighted by Crippen LogP contribution is -2.54. The number of carbonyl (C=O) groups excluding carboxylic acids is 3. The lowest BCUT2D eigenvalue weighted by atomic mass is 10.1. The molecular formula is C19H14Cl2N2O5. The summed E-state index contributed by atoms with van der Waals surface area (Å²) in [6.07, 6.45) is 1.31. The van der Waals surface area contributed by atoms with Gasteiger partial charge in [-0.25, -0.2) is 9.69 Å². The Balaban J connectivity index is 2.07. The van der Waals surface area contributed by atoms with Gasteiger partial charge >= 0.3 is 6.03 Å². The van der Waals surface area contributed by atoms with Crippen molar-refractivity contribution in [3.63, 3.8) is 0 Å². The summed E-state index contributed by atoms with van der Waals surface area (Å²) in [5.74, 6) is -1.000. The minimum atomic E-state index is -0.884. The molecule has 144 valence electrons. The van der Waals surface area contributed by atoms with Crippen LogP contribution in [0.2, 0.25) is 10.0 Å². The van der Waals surface area contributed by atoms with Crippen molar-refractivity contribution < 1.29 is 23.9 Å². The number of amides is 4. The van der Waals surface area contributed by atoms with E-state index in [1.807, 2.05) is 0 Å². The van der Waals surface area contributed by atoms with Gasteiger partial charge in [-0.05, 0) is 35.9 Å². The topological polar surface area (TPSA) is 84.9 Å². The van der Waals surface area contributed by atoms with Gasteiger partial charge in [-0.3, -0.25) is 14.9 Å². The second-order valence-corrected chi connectivity index (χ2v) is 6.46. The van der Waals surface area contributed by atoms with Crippen LogP contribution in [0, 0.1) is 0 Å². The Morgan fingerprint density at radius 3 is 2.36 bits per heavy atom. The molecule has 0 aliphatic carbocycles. The Hall–Kier alpha value is -3.03. The number of benzene rings is 2. The van der Waals surface area contributed by atoms with E-state index in [2.05, 4.69) is 5.32 Å². The molecule has 7 nitrogen and oxygen atoms in total. The third kappa shape index (κ3) is 3.54. The molecule has 0 spiro atoms. The molecular weight excluding hydrogens is 407 g/mol. The predicted octanol–water partition coefficient (Wildman–Crippen LogP) is 3.68. The number of hydrogen-bond acceptors (Lipinski definition) is 5. The standard InChI is InChI=1S/C19H14Cl2N2O5/c1-27-15-9-10(8-13(21)16(15)28-2)7-11-17(24)22-19(26)23(18(11)25)14-6-4-3-5-12(14)20/h3-9H,1-2H3,(H,22,24,26)/b11-7+. The minimum Gasteiger partial charge on any atom is -0.493 e. The highest BCUT2D eigenvalue weighted by atomic mass is 35.5. The van der Waals surface area contributed by atoms with Crippen molar-refractivity contribution in [2.24, 2.45) is 0 Å². The van der Waals surface area contributed by atoms with Crippen LogP contribution in [0.1, 0.15) is 5.56 Å². The van der Waals surface area contributed by atoms with Crippen LogP contribution in [0.5, 0.6) is 11.5 Å². The van der Waals surface area contributed by atoms with Crippen molar-refractivity contribution in [3.05, 3.63) is 57.6 Å². The Kier molecular flexibility index (Phi) is 5.58. The van der Waals surface area contributed by atoms with E-state index in [-0.39, 0.29) is 21.3 Å². The lowest BCUT2D eigenvalue weighted by Gasteiger charge is -2.27. The molecule has 3 rings (SSSR count). The van der Waals surface area contributed by atoms with Crippen molar-refractivity contribution in [2.75, 3.05) is 19.1 Å². The molecule has 0 saturated carbocycles. The Morgan fingerprint density at radius 2 is 1.71 bits per heavy atom. The van der Waals surface area contributed by atoms with Crippen LogP contribution in [-0.4, -0.2) is 32.1 Å². The lowest BCUT2D eigenvalue weighted by molar-refractivity contribution is -0.122. The number of anilines is 1. The maximum absolute atomic E-state index is 12.9. The Bertz CT molecular complexity index is 1020. The van der Waals surface area contributed by atoms with Gasteiger partial charge in [0.15, 0.2) is 11.5 Å². The van der Waals surface area contributed by atoms with E-state index in [1.165, 1.54) is 38.5 Å². The SMILES string of the molecule is COc1cc(/C=C2\C(=O)NC(=O)N(c3ccccc3Cl)C2=O)cc(Cl)c1OC. The molecule has 0 unspecified atom stereocenters. The van der Waals surface area contributed by atoms with E-state index in [4.69, 9.17) is 32.7 Å². The summed E-state index contributed by atoms with van der Waals surface area (Å²) in [7, 11) is 2.87. The summed E-state index contributed by atoms with van der Waals surface area (Å²) in [6.45, 7) is 0. The maximum atomic E-state index is 12.9. The molecule has 4 amide bonds. The number of ether oxygens (including phenoxy) is 2. The summed E-state index contributed by atoms with van der Waals surface area (Å²) in [4.78, 5) is 38.2. The van der Waals surface area contributed by atoms with E-state index in [0.717, 1.165) is 4.90 Å². The number of rotatable bonds is 4. The van der Waals surface area contributed by atoms with Crippen molar-refractivity contribution in [2.45, 2.75) is 0 Å². The van der Waals surface area contributed by atoms with E-state index in [0.29, 0.717) is 17.1 Å². The van der Waals surface area contributed by atoms with E-state index in [1.54, 1.807) is 18.2 Å². The van der Waals surface area contributed by atoms with Gasteiger partial charge in [0.2, 0.25) is 0 Å². The molecule has 0 bridgehead atoms. The van der Waals surface area contributed by atoms with Crippen molar-refractivity contribution in [1.82, 2.24) is 5.32 Å². The third-order valence-corrected chi connectivity index (χ3v) is 4.56. The number of hydrogen-bond donors (Lipinski definition) is 1.